The van der Waals surface area contributed by atoms with Crippen LogP contribution in [0.2, 0.25) is 0 Å². The van der Waals surface area contributed by atoms with Gasteiger partial charge in [0, 0.05) is 10.9 Å². The highest BCUT2D eigenvalue weighted by molar-refractivity contribution is 7.91. The molecule has 1 saturated heterocycles. The molecule has 1 N–H and O–H groups in total. The molecule has 134 valence electrons. The van der Waals surface area contributed by atoms with E-state index in [1.807, 2.05) is 59.8 Å². The molecule has 2 heterocycles. The number of hydrogen-bond donors (Lipinski definition) is 1. The maximum absolute atomic E-state index is 12.6. The molecule has 0 saturated carbocycles. The lowest BCUT2D eigenvalue weighted by molar-refractivity contribution is -0.122. The Hall–Kier alpha value is -1.70. The average Bonchev–Trinajstić information content (AvgIpc) is 3.23. The summed E-state index contributed by atoms with van der Waals surface area (Å²) in [6.07, 6.45) is 0.596. The smallest absolute Gasteiger partial charge is 0.234 e. The Morgan fingerprint density at radius 2 is 2.04 bits per heavy atom. The van der Waals surface area contributed by atoms with Crippen molar-refractivity contribution in [2.75, 3.05) is 25.1 Å². The van der Waals surface area contributed by atoms with E-state index in [1.54, 1.807) is 11.3 Å². The molecule has 1 fully saturated rings. The van der Waals surface area contributed by atoms with Crippen LogP contribution in [0.5, 0.6) is 0 Å². The molecular weight excluding hydrogens is 356 g/mol. The lowest BCUT2D eigenvalue weighted by Gasteiger charge is -2.24. The van der Waals surface area contributed by atoms with Crippen molar-refractivity contribution >= 4 is 27.1 Å². The van der Waals surface area contributed by atoms with Crippen LogP contribution in [0.4, 0.5) is 0 Å². The number of nitrogens with one attached hydrogen (secondary N) is 1. The third-order valence-electron chi connectivity index (χ3n) is 4.49. The first-order chi connectivity index (χ1) is 11.9. The van der Waals surface area contributed by atoms with Gasteiger partial charge in [-0.25, -0.2) is 8.42 Å². The summed E-state index contributed by atoms with van der Waals surface area (Å²) < 4.78 is 23.2. The van der Waals surface area contributed by atoms with Gasteiger partial charge in [-0.2, -0.15) is 0 Å². The van der Waals surface area contributed by atoms with E-state index in [0.29, 0.717) is 6.42 Å². The second kappa shape index (κ2) is 7.68. The van der Waals surface area contributed by atoms with Crippen molar-refractivity contribution in [1.29, 1.82) is 0 Å². The Morgan fingerprint density at radius 1 is 1.28 bits per heavy atom. The molecule has 25 heavy (non-hydrogen) atoms. The van der Waals surface area contributed by atoms with Gasteiger partial charge < -0.3 is 5.32 Å². The van der Waals surface area contributed by atoms with Gasteiger partial charge in [-0.05, 0) is 30.5 Å². The van der Waals surface area contributed by atoms with Crippen LogP contribution in [0, 0.1) is 0 Å². The van der Waals surface area contributed by atoms with Gasteiger partial charge in [0.1, 0.15) is 0 Å². The Morgan fingerprint density at radius 3 is 2.64 bits per heavy atom. The molecule has 1 amide bonds. The third-order valence-corrected chi connectivity index (χ3v) is 7.18. The average molecular weight is 379 g/mol. The minimum Gasteiger partial charge on any atom is -0.343 e. The molecule has 0 bridgehead atoms. The van der Waals surface area contributed by atoms with Crippen LogP contribution in [0.25, 0.3) is 0 Å². The minimum atomic E-state index is -2.95. The highest BCUT2D eigenvalue weighted by Gasteiger charge is 2.31. The van der Waals surface area contributed by atoms with E-state index >= 15 is 0 Å². The lowest BCUT2D eigenvalue weighted by Crippen LogP contribution is -2.42. The van der Waals surface area contributed by atoms with E-state index in [1.165, 1.54) is 0 Å². The Balaban J connectivity index is 1.67. The summed E-state index contributed by atoms with van der Waals surface area (Å²) in [7, 11) is -1.14. The second-order valence-electron chi connectivity index (χ2n) is 6.40. The molecule has 5 nitrogen and oxygen atoms in total. The van der Waals surface area contributed by atoms with E-state index in [0.717, 1.165) is 10.4 Å². The molecule has 1 aliphatic heterocycles. The number of sulfone groups is 1. The Bertz CT molecular complexity index is 804. The van der Waals surface area contributed by atoms with Crippen molar-refractivity contribution in [3.05, 3.63) is 58.3 Å². The lowest BCUT2D eigenvalue weighted by atomic mass is 10.1. The van der Waals surface area contributed by atoms with Crippen LogP contribution in [0.3, 0.4) is 0 Å². The zero-order chi connectivity index (χ0) is 17.9. The van der Waals surface area contributed by atoms with Crippen LogP contribution < -0.4 is 5.32 Å². The van der Waals surface area contributed by atoms with E-state index in [2.05, 4.69) is 5.32 Å². The number of likely N-dealkylation sites (N-methyl/N-ethyl adjacent to an activating group) is 1. The molecular formula is C18H22N2O3S2. The largest absolute Gasteiger partial charge is 0.343 e. The van der Waals surface area contributed by atoms with E-state index in [-0.39, 0.29) is 36.0 Å². The number of amides is 1. The zero-order valence-electron chi connectivity index (χ0n) is 14.1. The number of carbonyl (C=O) groups is 1. The summed E-state index contributed by atoms with van der Waals surface area (Å²) in [5.41, 5.74) is 1.03. The van der Waals surface area contributed by atoms with Crippen molar-refractivity contribution < 1.29 is 13.2 Å². The summed E-state index contributed by atoms with van der Waals surface area (Å²) in [5, 5.41) is 5.08. The molecule has 3 rings (SSSR count). The first kappa shape index (κ1) is 18.1. The predicted molar refractivity (Wildman–Crippen MR) is 100 cm³/mol. The van der Waals surface area contributed by atoms with E-state index in [9.17, 15) is 13.2 Å². The number of benzene rings is 1. The van der Waals surface area contributed by atoms with Crippen LogP contribution in [-0.4, -0.2) is 50.4 Å². The van der Waals surface area contributed by atoms with Gasteiger partial charge in [0.2, 0.25) is 5.91 Å². The van der Waals surface area contributed by atoms with Crippen molar-refractivity contribution in [3.8, 4) is 0 Å². The molecule has 0 aliphatic carbocycles. The van der Waals surface area contributed by atoms with Crippen molar-refractivity contribution in [2.24, 2.45) is 0 Å². The fourth-order valence-corrected chi connectivity index (χ4v) is 5.71. The number of thiophene rings is 1. The maximum atomic E-state index is 12.6. The summed E-state index contributed by atoms with van der Waals surface area (Å²) in [5.74, 6) is 0.254. The number of rotatable bonds is 6. The molecule has 0 unspecified atom stereocenters. The SMILES string of the molecule is CN(CC(=O)N[C@H](c1ccccc1)c1cccs1)[C@@H]1CCS(=O)(=O)C1. The summed E-state index contributed by atoms with van der Waals surface area (Å²) in [4.78, 5) is 15.5. The Labute approximate surface area is 152 Å². The van der Waals surface area contributed by atoms with E-state index < -0.39 is 9.84 Å². The standard InChI is InChI=1S/C18H22N2O3S2/c1-20(15-9-11-25(22,23)13-15)12-17(21)19-18(16-8-5-10-24-16)14-6-3-2-4-7-14/h2-8,10,15,18H,9,11-13H2,1H3,(H,19,21)/t15-,18-/m1/s1. The minimum absolute atomic E-state index is 0.0762. The second-order valence-corrected chi connectivity index (χ2v) is 9.61. The quantitative estimate of drug-likeness (QED) is 0.836. The van der Waals surface area contributed by atoms with Crippen LogP contribution in [0.15, 0.2) is 47.8 Å². The van der Waals surface area contributed by atoms with Gasteiger partial charge >= 0.3 is 0 Å². The predicted octanol–water partition coefficient (Wildman–Crippen LogP) is 2.07. The van der Waals surface area contributed by atoms with Gasteiger partial charge in [-0.3, -0.25) is 9.69 Å². The maximum Gasteiger partial charge on any atom is 0.234 e. The van der Waals surface area contributed by atoms with Crippen molar-refractivity contribution in [3.63, 3.8) is 0 Å². The number of carbonyl (C=O) groups excluding carboxylic acids is 1. The molecule has 7 heteroatoms. The van der Waals surface area contributed by atoms with Crippen LogP contribution in [0.1, 0.15) is 22.9 Å². The number of hydrogen-bond acceptors (Lipinski definition) is 5. The highest BCUT2D eigenvalue weighted by atomic mass is 32.2. The Kier molecular flexibility index (Phi) is 5.56. The fourth-order valence-electron chi connectivity index (χ4n) is 3.11. The fraction of sp³-hybridized carbons (Fsp3) is 0.389. The number of nitrogens with zero attached hydrogens (tertiary/aromatic N) is 1. The molecule has 2 aromatic rings. The van der Waals surface area contributed by atoms with Crippen LogP contribution >= 0.6 is 11.3 Å². The molecule has 2 atom stereocenters. The van der Waals surface area contributed by atoms with E-state index in [4.69, 9.17) is 0 Å². The molecule has 1 aromatic heterocycles. The molecule has 0 spiro atoms. The molecule has 1 aliphatic rings. The van der Waals surface area contributed by atoms with Gasteiger partial charge in [0.15, 0.2) is 9.84 Å². The van der Waals surface area contributed by atoms with Gasteiger partial charge in [0.25, 0.3) is 0 Å². The molecule has 0 radical (unpaired) electrons. The van der Waals surface area contributed by atoms with Gasteiger partial charge in [-0.1, -0.05) is 36.4 Å². The zero-order valence-corrected chi connectivity index (χ0v) is 15.7. The monoisotopic (exact) mass is 378 g/mol. The van der Waals surface area contributed by atoms with Crippen molar-refractivity contribution in [1.82, 2.24) is 10.2 Å². The summed E-state index contributed by atoms with van der Waals surface area (Å²) >= 11 is 1.60. The third kappa shape index (κ3) is 4.68. The first-order valence-corrected chi connectivity index (χ1v) is 10.9. The summed E-state index contributed by atoms with van der Waals surface area (Å²) in [6, 6.07) is 13.6. The highest BCUT2D eigenvalue weighted by Crippen LogP contribution is 2.26. The van der Waals surface area contributed by atoms with Gasteiger partial charge in [-0.15, -0.1) is 11.3 Å². The van der Waals surface area contributed by atoms with Crippen molar-refractivity contribution in [2.45, 2.75) is 18.5 Å². The molecule has 1 aromatic carbocycles. The topological polar surface area (TPSA) is 66.5 Å². The van der Waals surface area contributed by atoms with Gasteiger partial charge in [0.05, 0.1) is 24.1 Å². The first-order valence-electron chi connectivity index (χ1n) is 8.23. The van der Waals surface area contributed by atoms with Crippen LogP contribution in [-0.2, 0) is 14.6 Å². The summed E-state index contributed by atoms with van der Waals surface area (Å²) in [6.45, 7) is 0.189. The normalized spacial score (nSPS) is 20.5.